The van der Waals surface area contributed by atoms with Crippen LogP contribution in [0.15, 0.2) is 18.2 Å². The molecule has 70 valence electrons. The van der Waals surface area contributed by atoms with Crippen molar-refractivity contribution < 1.29 is 8.78 Å². The number of hydrogen-bond donors (Lipinski definition) is 0. The van der Waals surface area contributed by atoms with Crippen LogP contribution in [0.2, 0.25) is 0 Å². The van der Waals surface area contributed by atoms with Gasteiger partial charge in [0, 0.05) is 5.30 Å². The van der Waals surface area contributed by atoms with Crippen LogP contribution in [0.5, 0.6) is 0 Å². The van der Waals surface area contributed by atoms with E-state index in [1.807, 2.05) is 0 Å². The second kappa shape index (κ2) is 3.71. The summed E-state index contributed by atoms with van der Waals surface area (Å²) in [6.07, 6.45) is 4.47. The fraction of sp³-hybridized carbons (Fsp3) is 0.400. The average Bonchev–Trinajstić information content (AvgIpc) is 2.61. The molecular weight excluding hydrogens is 189 g/mol. The molecule has 1 aromatic rings. The molecule has 0 aliphatic carbocycles. The Labute approximate surface area is 77.7 Å². The van der Waals surface area contributed by atoms with Gasteiger partial charge in [0.25, 0.3) is 0 Å². The van der Waals surface area contributed by atoms with Gasteiger partial charge >= 0.3 is 0 Å². The van der Waals surface area contributed by atoms with Gasteiger partial charge in [-0.15, -0.1) is 0 Å². The van der Waals surface area contributed by atoms with E-state index >= 15 is 0 Å². The van der Waals surface area contributed by atoms with Gasteiger partial charge in [0.15, 0.2) is 0 Å². The van der Waals surface area contributed by atoms with Gasteiger partial charge in [-0.1, -0.05) is 7.92 Å². The molecule has 1 heterocycles. The van der Waals surface area contributed by atoms with Crippen LogP contribution < -0.4 is 5.30 Å². The Hall–Kier alpha value is -0.490. The lowest BCUT2D eigenvalue weighted by Crippen LogP contribution is -2.08. The molecule has 1 saturated heterocycles. The Kier molecular flexibility index (Phi) is 2.59. The number of benzene rings is 1. The average molecular weight is 200 g/mol. The second-order valence-electron chi connectivity index (χ2n) is 3.29. The molecule has 1 fully saturated rings. The van der Waals surface area contributed by atoms with Gasteiger partial charge in [-0.2, -0.15) is 0 Å². The first-order valence-corrected chi connectivity index (χ1v) is 6.18. The third-order valence-corrected chi connectivity index (χ3v) is 5.09. The van der Waals surface area contributed by atoms with Crippen LogP contribution in [0.4, 0.5) is 8.78 Å². The molecular formula is C10H11F2P. The summed E-state index contributed by atoms with van der Waals surface area (Å²) in [6.45, 7) is 0. The minimum absolute atomic E-state index is 0.227. The standard InChI is InChI=1S/C10H11F2P/c11-8-3-4-9(12)10(7-8)13-5-1-2-6-13/h3-4,7H,1-2,5-6H2. The maximum Gasteiger partial charge on any atom is 0.131 e. The predicted molar refractivity (Wildman–Crippen MR) is 51.9 cm³/mol. The Morgan fingerprint density at radius 2 is 1.77 bits per heavy atom. The molecule has 0 amide bonds. The highest BCUT2D eigenvalue weighted by Crippen LogP contribution is 2.42. The molecule has 0 aromatic heterocycles. The maximum absolute atomic E-state index is 13.3. The summed E-state index contributed by atoms with van der Waals surface area (Å²) >= 11 is 0. The lowest BCUT2D eigenvalue weighted by Gasteiger charge is -2.10. The summed E-state index contributed by atoms with van der Waals surface area (Å²) in [6, 6.07) is 3.79. The van der Waals surface area contributed by atoms with E-state index < -0.39 is 7.92 Å². The normalized spacial score (nSPS) is 18.0. The molecule has 0 unspecified atom stereocenters. The maximum atomic E-state index is 13.3. The van der Waals surface area contributed by atoms with Crippen molar-refractivity contribution in [3.63, 3.8) is 0 Å². The van der Waals surface area contributed by atoms with E-state index in [0.29, 0.717) is 5.30 Å². The SMILES string of the molecule is Fc1ccc(F)c(P2CCCC2)c1. The Bertz CT molecular complexity index is 306. The Morgan fingerprint density at radius 3 is 2.46 bits per heavy atom. The van der Waals surface area contributed by atoms with Gasteiger partial charge in [0.2, 0.25) is 0 Å². The van der Waals surface area contributed by atoms with Gasteiger partial charge in [-0.05, 0) is 43.4 Å². The van der Waals surface area contributed by atoms with Crippen molar-refractivity contribution >= 4 is 13.2 Å². The molecule has 0 nitrogen and oxygen atoms in total. The van der Waals surface area contributed by atoms with E-state index in [1.54, 1.807) is 0 Å². The molecule has 0 atom stereocenters. The molecule has 1 aliphatic rings. The second-order valence-corrected chi connectivity index (χ2v) is 5.75. The van der Waals surface area contributed by atoms with Crippen LogP contribution in [0.1, 0.15) is 12.8 Å². The van der Waals surface area contributed by atoms with Crippen LogP contribution in [0.25, 0.3) is 0 Å². The topological polar surface area (TPSA) is 0 Å². The number of rotatable bonds is 1. The van der Waals surface area contributed by atoms with E-state index in [1.165, 1.54) is 31.0 Å². The summed E-state index contributed by atoms with van der Waals surface area (Å²) < 4.78 is 26.1. The highest BCUT2D eigenvalue weighted by molar-refractivity contribution is 7.65. The molecule has 3 heteroatoms. The third-order valence-electron chi connectivity index (χ3n) is 2.35. The fourth-order valence-corrected chi connectivity index (χ4v) is 4.28. The van der Waals surface area contributed by atoms with E-state index in [0.717, 1.165) is 12.3 Å². The van der Waals surface area contributed by atoms with E-state index in [-0.39, 0.29) is 11.6 Å². The molecule has 1 aliphatic heterocycles. The number of hydrogen-bond acceptors (Lipinski definition) is 0. The van der Waals surface area contributed by atoms with Gasteiger partial charge < -0.3 is 0 Å². The summed E-state index contributed by atoms with van der Waals surface area (Å²) in [5.74, 6) is -0.541. The lowest BCUT2D eigenvalue weighted by molar-refractivity contribution is 0.607. The highest BCUT2D eigenvalue weighted by Gasteiger charge is 2.19. The van der Waals surface area contributed by atoms with Crippen molar-refractivity contribution in [2.24, 2.45) is 0 Å². The molecule has 0 spiro atoms. The van der Waals surface area contributed by atoms with Crippen molar-refractivity contribution in [2.75, 3.05) is 12.3 Å². The minimum Gasteiger partial charge on any atom is -0.207 e. The first kappa shape index (κ1) is 9.08. The van der Waals surface area contributed by atoms with Gasteiger partial charge in [-0.25, -0.2) is 8.78 Å². The van der Waals surface area contributed by atoms with Gasteiger partial charge in [-0.3, -0.25) is 0 Å². The van der Waals surface area contributed by atoms with Crippen molar-refractivity contribution in [3.8, 4) is 0 Å². The summed E-state index contributed by atoms with van der Waals surface area (Å²) in [5, 5.41) is 0.632. The molecule has 13 heavy (non-hydrogen) atoms. The number of halogens is 2. The molecule has 1 aromatic carbocycles. The van der Waals surface area contributed by atoms with Crippen LogP contribution in [0.3, 0.4) is 0 Å². The molecule has 0 radical (unpaired) electrons. The first-order valence-electron chi connectivity index (χ1n) is 4.47. The lowest BCUT2D eigenvalue weighted by atomic mass is 10.3. The Morgan fingerprint density at radius 1 is 1.08 bits per heavy atom. The zero-order valence-corrected chi connectivity index (χ0v) is 8.16. The van der Waals surface area contributed by atoms with Crippen LogP contribution in [-0.2, 0) is 0 Å². The quantitative estimate of drug-likeness (QED) is 0.611. The van der Waals surface area contributed by atoms with Crippen LogP contribution >= 0.6 is 7.92 Å². The smallest absolute Gasteiger partial charge is 0.131 e. The summed E-state index contributed by atoms with van der Waals surface area (Å²) in [4.78, 5) is 0. The molecule has 0 saturated carbocycles. The van der Waals surface area contributed by atoms with Crippen molar-refractivity contribution in [2.45, 2.75) is 12.8 Å². The van der Waals surface area contributed by atoms with E-state index in [9.17, 15) is 8.78 Å². The zero-order valence-electron chi connectivity index (χ0n) is 7.26. The molecule has 2 rings (SSSR count). The largest absolute Gasteiger partial charge is 0.207 e. The van der Waals surface area contributed by atoms with Crippen molar-refractivity contribution in [1.82, 2.24) is 0 Å². The van der Waals surface area contributed by atoms with Gasteiger partial charge in [0.1, 0.15) is 11.6 Å². The van der Waals surface area contributed by atoms with E-state index in [2.05, 4.69) is 0 Å². The van der Waals surface area contributed by atoms with Crippen molar-refractivity contribution in [3.05, 3.63) is 29.8 Å². The Balaban J connectivity index is 2.32. The third kappa shape index (κ3) is 1.88. The minimum atomic E-state index is -0.392. The fourth-order valence-electron chi connectivity index (χ4n) is 1.69. The van der Waals surface area contributed by atoms with Gasteiger partial charge in [0.05, 0.1) is 0 Å². The van der Waals surface area contributed by atoms with Crippen molar-refractivity contribution in [1.29, 1.82) is 0 Å². The van der Waals surface area contributed by atoms with E-state index in [4.69, 9.17) is 0 Å². The molecule has 0 N–H and O–H groups in total. The zero-order chi connectivity index (χ0) is 9.26. The first-order chi connectivity index (χ1) is 6.27. The molecule has 0 bridgehead atoms. The predicted octanol–water partition coefficient (Wildman–Crippen LogP) is 2.87. The summed E-state index contributed by atoms with van der Waals surface area (Å²) in [5.41, 5.74) is 0. The van der Waals surface area contributed by atoms with Crippen LogP contribution in [-0.4, -0.2) is 12.3 Å². The summed E-state index contributed by atoms with van der Waals surface area (Å²) in [7, 11) is -0.392. The highest BCUT2D eigenvalue weighted by atomic mass is 31.1. The monoisotopic (exact) mass is 200 g/mol. The van der Waals surface area contributed by atoms with Crippen LogP contribution in [0, 0.1) is 11.6 Å².